The Hall–Kier alpha value is -0.940. The van der Waals surface area contributed by atoms with Gasteiger partial charge in [-0.1, -0.05) is 30.3 Å². The van der Waals surface area contributed by atoms with Gasteiger partial charge in [-0.25, -0.2) is 0 Å². The van der Waals surface area contributed by atoms with Crippen molar-refractivity contribution < 1.29 is 9.84 Å². The molecule has 3 rings (SSSR count). The first-order chi connectivity index (χ1) is 11.6. The van der Waals surface area contributed by atoms with Gasteiger partial charge in [-0.15, -0.1) is 0 Å². The maximum Gasteiger partial charge on any atom is 0.0793 e. The van der Waals surface area contributed by atoms with E-state index in [1.54, 1.807) is 0 Å². The number of morpholine rings is 1. The summed E-state index contributed by atoms with van der Waals surface area (Å²) in [6.45, 7) is 9.87. The highest BCUT2D eigenvalue weighted by Crippen LogP contribution is 2.21. The lowest BCUT2D eigenvalue weighted by atomic mass is 9.99. The number of nitrogens with zero attached hydrogens (tertiary/aromatic N) is 2. The van der Waals surface area contributed by atoms with Gasteiger partial charge in [-0.05, 0) is 44.7 Å². The van der Waals surface area contributed by atoms with Crippen molar-refractivity contribution in [3.8, 4) is 0 Å². The second-order valence-electron chi connectivity index (χ2n) is 7.73. The van der Waals surface area contributed by atoms with E-state index < -0.39 is 0 Å². The van der Waals surface area contributed by atoms with Crippen LogP contribution in [0.5, 0.6) is 0 Å². The average molecular weight is 332 g/mol. The quantitative estimate of drug-likeness (QED) is 0.865. The summed E-state index contributed by atoms with van der Waals surface area (Å²) in [7, 11) is 0. The molecule has 0 aliphatic carbocycles. The zero-order valence-electron chi connectivity index (χ0n) is 15.1. The fourth-order valence-electron chi connectivity index (χ4n) is 4.28. The fourth-order valence-corrected chi connectivity index (χ4v) is 4.28. The molecule has 0 saturated carbocycles. The van der Waals surface area contributed by atoms with E-state index in [9.17, 15) is 5.11 Å². The summed E-state index contributed by atoms with van der Waals surface area (Å²) in [5.74, 6) is 0.725. The molecule has 0 radical (unpaired) electrons. The molecular formula is C20H32N2O2. The van der Waals surface area contributed by atoms with E-state index in [4.69, 9.17) is 4.74 Å². The van der Waals surface area contributed by atoms with Gasteiger partial charge >= 0.3 is 0 Å². The summed E-state index contributed by atoms with van der Waals surface area (Å²) in [5.41, 5.74) is 1.43. The zero-order chi connectivity index (χ0) is 16.9. The molecule has 0 bridgehead atoms. The summed E-state index contributed by atoms with van der Waals surface area (Å²) >= 11 is 0. The minimum absolute atomic E-state index is 0.266. The lowest BCUT2D eigenvalue weighted by Crippen LogP contribution is -2.49. The number of benzene rings is 1. The van der Waals surface area contributed by atoms with Crippen molar-refractivity contribution in [1.82, 2.24) is 9.80 Å². The highest BCUT2D eigenvalue weighted by atomic mass is 16.5. The van der Waals surface area contributed by atoms with Gasteiger partial charge in [0.2, 0.25) is 0 Å². The van der Waals surface area contributed by atoms with Crippen LogP contribution < -0.4 is 0 Å². The molecule has 2 fully saturated rings. The Bertz CT molecular complexity index is 486. The molecule has 2 heterocycles. The van der Waals surface area contributed by atoms with Gasteiger partial charge in [0.25, 0.3) is 0 Å². The molecule has 2 aliphatic rings. The highest BCUT2D eigenvalue weighted by Gasteiger charge is 2.27. The monoisotopic (exact) mass is 332 g/mol. The van der Waals surface area contributed by atoms with E-state index in [1.807, 2.05) is 0 Å². The molecule has 1 N–H and O–H groups in total. The van der Waals surface area contributed by atoms with Gasteiger partial charge in [0, 0.05) is 32.7 Å². The van der Waals surface area contributed by atoms with Gasteiger partial charge in [-0.2, -0.15) is 0 Å². The van der Waals surface area contributed by atoms with Crippen LogP contribution in [0.4, 0.5) is 0 Å². The summed E-state index contributed by atoms with van der Waals surface area (Å²) in [4.78, 5) is 4.78. The van der Waals surface area contributed by atoms with Crippen molar-refractivity contribution in [2.24, 2.45) is 5.92 Å². The zero-order valence-corrected chi connectivity index (χ0v) is 15.1. The van der Waals surface area contributed by atoms with Crippen LogP contribution in [0.3, 0.4) is 0 Å². The van der Waals surface area contributed by atoms with E-state index in [0.29, 0.717) is 0 Å². The molecule has 0 aromatic heterocycles. The number of β-amino-alcohol motifs (C(OH)–C–C–N with tert-alkyl or cyclic N) is 1. The van der Waals surface area contributed by atoms with Crippen LogP contribution in [-0.2, 0) is 11.2 Å². The number of aliphatic hydroxyl groups excluding tert-OH is 1. The van der Waals surface area contributed by atoms with Gasteiger partial charge in [0.15, 0.2) is 0 Å². The summed E-state index contributed by atoms with van der Waals surface area (Å²) in [5, 5.41) is 10.5. The Morgan fingerprint density at radius 3 is 2.42 bits per heavy atom. The van der Waals surface area contributed by atoms with Crippen LogP contribution in [0.15, 0.2) is 30.3 Å². The number of rotatable bonds is 6. The SMILES string of the molecule is CC1CN(CC(O)CN2CCC(Cc3ccccc3)C2)CC(C)O1. The molecule has 4 heteroatoms. The molecule has 2 saturated heterocycles. The number of likely N-dealkylation sites (tertiary alicyclic amines) is 1. The van der Waals surface area contributed by atoms with E-state index in [0.717, 1.165) is 51.6 Å². The van der Waals surface area contributed by atoms with Crippen LogP contribution in [-0.4, -0.2) is 72.5 Å². The van der Waals surface area contributed by atoms with E-state index >= 15 is 0 Å². The lowest BCUT2D eigenvalue weighted by Gasteiger charge is -2.36. The maximum atomic E-state index is 10.5. The van der Waals surface area contributed by atoms with E-state index in [-0.39, 0.29) is 18.3 Å². The Morgan fingerprint density at radius 2 is 1.71 bits per heavy atom. The first-order valence-corrected chi connectivity index (χ1v) is 9.40. The number of hydrogen-bond acceptors (Lipinski definition) is 4. The predicted molar refractivity (Wildman–Crippen MR) is 97.1 cm³/mol. The summed E-state index contributed by atoms with van der Waals surface area (Å²) in [6.07, 6.45) is 2.67. The second kappa shape index (κ2) is 8.43. The Labute approximate surface area is 146 Å². The average Bonchev–Trinajstić information content (AvgIpc) is 2.94. The van der Waals surface area contributed by atoms with Crippen molar-refractivity contribution in [2.45, 2.75) is 45.0 Å². The van der Waals surface area contributed by atoms with Crippen molar-refractivity contribution in [2.75, 3.05) is 39.3 Å². The normalized spacial score (nSPS) is 30.5. The maximum absolute atomic E-state index is 10.5. The van der Waals surface area contributed by atoms with Crippen LogP contribution >= 0.6 is 0 Å². The minimum atomic E-state index is -0.266. The molecule has 2 aliphatic heterocycles. The molecule has 24 heavy (non-hydrogen) atoms. The number of ether oxygens (including phenoxy) is 1. The fraction of sp³-hybridized carbons (Fsp3) is 0.700. The van der Waals surface area contributed by atoms with Crippen molar-refractivity contribution in [1.29, 1.82) is 0 Å². The Balaban J connectivity index is 1.40. The predicted octanol–water partition coefficient (Wildman–Crippen LogP) is 2.02. The van der Waals surface area contributed by atoms with Crippen LogP contribution in [0.2, 0.25) is 0 Å². The highest BCUT2D eigenvalue weighted by molar-refractivity contribution is 5.15. The van der Waals surface area contributed by atoms with E-state index in [2.05, 4.69) is 54.0 Å². The van der Waals surface area contributed by atoms with Crippen molar-refractivity contribution in [3.05, 3.63) is 35.9 Å². The molecule has 4 atom stereocenters. The first-order valence-electron chi connectivity index (χ1n) is 9.40. The second-order valence-corrected chi connectivity index (χ2v) is 7.73. The van der Waals surface area contributed by atoms with Gasteiger partial charge < -0.3 is 14.7 Å². The standard InChI is InChI=1S/C20H32N2O2/c1-16-11-22(12-17(2)24-16)15-20(23)14-21-9-8-19(13-21)10-18-6-4-3-5-7-18/h3-7,16-17,19-20,23H,8-15H2,1-2H3. The third-order valence-corrected chi connectivity index (χ3v) is 5.17. The molecule has 4 unspecified atom stereocenters. The van der Waals surface area contributed by atoms with Gasteiger partial charge in [0.1, 0.15) is 0 Å². The number of aliphatic hydroxyl groups is 1. The van der Waals surface area contributed by atoms with Crippen LogP contribution in [0, 0.1) is 5.92 Å². The minimum Gasteiger partial charge on any atom is -0.390 e. The summed E-state index contributed by atoms with van der Waals surface area (Å²) < 4.78 is 5.77. The third kappa shape index (κ3) is 5.28. The van der Waals surface area contributed by atoms with Crippen LogP contribution in [0.1, 0.15) is 25.8 Å². The van der Waals surface area contributed by atoms with Crippen molar-refractivity contribution >= 4 is 0 Å². The number of hydrogen-bond donors (Lipinski definition) is 1. The molecule has 0 spiro atoms. The first kappa shape index (κ1) is 17.9. The molecule has 1 aromatic carbocycles. The smallest absolute Gasteiger partial charge is 0.0793 e. The lowest BCUT2D eigenvalue weighted by molar-refractivity contribution is -0.0777. The van der Waals surface area contributed by atoms with E-state index in [1.165, 1.54) is 12.0 Å². The summed E-state index contributed by atoms with van der Waals surface area (Å²) in [6, 6.07) is 10.8. The molecule has 134 valence electrons. The largest absolute Gasteiger partial charge is 0.390 e. The third-order valence-electron chi connectivity index (χ3n) is 5.17. The molecule has 4 nitrogen and oxygen atoms in total. The van der Waals surface area contributed by atoms with Crippen molar-refractivity contribution in [3.63, 3.8) is 0 Å². The van der Waals surface area contributed by atoms with Gasteiger partial charge in [-0.3, -0.25) is 4.90 Å². The topological polar surface area (TPSA) is 35.9 Å². The van der Waals surface area contributed by atoms with Gasteiger partial charge in [0.05, 0.1) is 18.3 Å². The molecule has 1 aromatic rings. The van der Waals surface area contributed by atoms with Crippen LogP contribution in [0.25, 0.3) is 0 Å². The Kier molecular flexibility index (Phi) is 6.28. The molecule has 0 amide bonds. The molecular weight excluding hydrogens is 300 g/mol. The Morgan fingerprint density at radius 1 is 1.04 bits per heavy atom.